The van der Waals surface area contributed by atoms with Gasteiger partial charge in [-0.1, -0.05) is 0 Å². The molecule has 0 saturated carbocycles. The highest BCUT2D eigenvalue weighted by atomic mass is 19.1. The van der Waals surface area contributed by atoms with Gasteiger partial charge in [0.15, 0.2) is 5.94 Å². The molecule has 1 saturated heterocycles. The first kappa shape index (κ1) is 7.73. The molecular formula is C7H5FO3. The van der Waals surface area contributed by atoms with Gasteiger partial charge in [0, 0.05) is 0 Å². The third-order valence-electron chi connectivity index (χ3n) is 1.57. The van der Waals surface area contributed by atoms with Crippen molar-refractivity contribution in [1.82, 2.24) is 0 Å². The number of hydrogen-bond acceptors (Lipinski definition) is 3. The van der Waals surface area contributed by atoms with Gasteiger partial charge in [-0.2, -0.15) is 0 Å². The van der Waals surface area contributed by atoms with Crippen LogP contribution in [-0.4, -0.2) is 24.2 Å². The van der Waals surface area contributed by atoms with Crippen LogP contribution in [0.4, 0.5) is 4.39 Å². The molecule has 1 atom stereocenters. The molecule has 0 bridgehead atoms. The van der Waals surface area contributed by atoms with Crippen LogP contribution >= 0.6 is 0 Å². The van der Waals surface area contributed by atoms with Crippen molar-refractivity contribution >= 4 is 11.9 Å². The fourth-order valence-electron chi connectivity index (χ4n) is 0.803. The molecule has 0 spiro atoms. The Hall–Kier alpha value is -1.37. The average molecular weight is 156 g/mol. The summed E-state index contributed by atoms with van der Waals surface area (Å²) in [4.78, 5) is 20.1. The summed E-state index contributed by atoms with van der Waals surface area (Å²) in [6.45, 7) is 0.863. The molecule has 0 aliphatic carbocycles. The van der Waals surface area contributed by atoms with Crippen molar-refractivity contribution in [2.45, 2.75) is 12.6 Å². The Labute approximate surface area is 62.1 Å². The normalized spacial score (nSPS) is 29.3. The van der Waals surface area contributed by atoms with Gasteiger partial charge < -0.3 is 4.74 Å². The Morgan fingerprint density at radius 1 is 1.55 bits per heavy atom. The molecule has 0 radical (unpaired) electrons. The predicted octanol–water partition coefficient (Wildman–Crippen LogP) is 0.218. The lowest BCUT2D eigenvalue weighted by Crippen LogP contribution is -2.18. The van der Waals surface area contributed by atoms with Crippen molar-refractivity contribution < 1.29 is 18.7 Å². The van der Waals surface area contributed by atoms with Crippen LogP contribution in [-0.2, 0) is 14.3 Å². The Bertz CT molecular complexity index is 252. The molecular weight excluding hydrogens is 151 g/mol. The maximum absolute atomic E-state index is 13.2. The highest BCUT2D eigenvalue weighted by Gasteiger charge is 2.43. The molecule has 0 aromatic carbocycles. The number of alkyl halides is 1. The van der Waals surface area contributed by atoms with Gasteiger partial charge in [-0.15, -0.1) is 0 Å². The van der Waals surface area contributed by atoms with Crippen molar-refractivity contribution in [1.29, 1.82) is 0 Å². The average Bonchev–Trinajstić information content (AvgIpc) is 2.24. The summed E-state index contributed by atoms with van der Waals surface area (Å²) in [5.74, 6) is 2.20. The number of allylic oxidation sites excluding steroid dienone is 1. The first-order valence-corrected chi connectivity index (χ1v) is 2.94. The molecule has 3 nitrogen and oxygen atoms in total. The lowest BCUT2D eigenvalue weighted by atomic mass is 10.0. The Morgan fingerprint density at radius 3 is 2.45 bits per heavy atom. The van der Waals surface area contributed by atoms with E-state index in [0.29, 0.717) is 0 Å². The fourth-order valence-corrected chi connectivity index (χ4v) is 0.803. The Morgan fingerprint density at radius 2 is 2.18 bits per heavy atom. The lowest BCUT2D eigenvalue weighted by molar-refractivity contribution is 0.214. The van der Waals surface area contributed by atoms with E-state index in [9.17, 15) is 14.0 Å². The van der Waals surface area contributed by atoms with E-state index in [1.807, 2.05) is 0 Å². The van der Waals surface area contributed by atoms with Crippen molar-refractivity contribution in [2.24, 2.45) is 0 Å². The van der Waals surface area contributed by atoms with Gasteiger partial charge in [-0.05, 0) is 6.92 Å². The van der Waals surface area contributed by atoms with Crippen molar-refractivity contribution in [3.63, 3.8) is 0 Å². The number of halogens is 1. The van der Waals surface area contributed by atoms with E-state index in [2.05, 4.69) is 4.74 Å². The van der Waals surface area contributed by atoms with Gasteiger partial charge in [-0.25, -0.2) is 14.0 Å². The van der Waals surface area contributed by atoms with E-state index in [-0.39, 0.29) is 12.2 Å². The SMILES string of the molecule is CC1(F)C(=C=O)COC1=C=O. The minimum atomic E-state index is -2.11. The third-order valence-corrected chi connectivity index (χ3v) is 1.57. The number of rotatable bonds is 0. The summed E-state index contributed by atoms with van der Waals surface area (Å²) in [6.07, 6.45) is 0. The number of hydrogen-bond donors (Lipinski definition) is 0. The predicted molar refractivity (Wildman–Crippen MR) is 33.9 cm³/mol. The maximum atomic E-state index is 13.2. The molecule has 1 heterocycles. The van der Waals surface area contributed by atoms with Crippen LogP contribution in [0.3, 0.4) is 0 Å². The molecule has 11 heavy (non-hydrogen) atoms. The molecule has 0 N–H and O–H groups in total. The van der Waals surface area contributed by atoms with Gasteiger partial charge in [0.1, 0.15) is 12.5 Å². The molecule has 0 aromatic heterocycles. The second-order valence-electron chi connectivity index (χ2n) is 2.30. The monoisotopic (exact) mass is 156 g/mol. The Kier molecular flexibility index (Phi) is 1.65. The van der Waals surface area contributed by atoms with E-state index in [1.54, 1.807) is 0 Å². The van der Waals surface area contributed by atoms with Gasteiger partial charge in [-0.3, -0.25) is 0 Å². The first-order chi connectivity index (χ1) is 5.12. The molecule has 4 heteroatoms. The summed E-state index contributed by atoms with van der Waals surface area (Å²) in [7, 11) is 0. The van der Waals surface area contributed by atoms with Gasteiger partial charge >= 0.3 is 0 Å². The van der Waals surface area contributed by atoms with Crippen LogP contribution in [0.2, 0.25) is 0 Å². The highest BCUT2D eigenvalue weighted by Crippen LogP contribution is 2.34. The number of carbonyl (C=O) groups excluding carboxylic acids is 2. The van der Waals surface area contributed by atoms with E-state index in [4.69, 9.17) is 0 Å². The molecule has 1 rings (SSSR count). The zero-order chi connectivity index (χ0) is 8.48. The quantitative estimate of drug-likeness (QED) is 0.471. The third kappa shape index (κ3) is 0.984. The second-order valence-corrected chi connectivity index (χ2v) is 2.30. The van der Waals surface area contributed by atoms with Crippen molar-refractivity contribution in [3.8, 4) is 0 Å². The minimum Gasteiger partial charge on any atom is -0.478 e. The summed E-state index contributed by atoms with van der Waals surface area (Å²) in [5, 5.41) is 0. The maximum Gasteiger partial charge on any atom is 0.222 e. The summed E-state index contributed by atoms with van der Waals surface area (Å²) in [6, 6.07) is 0. The van der Waals surface area contributed by atoms with E-state index < -0.39 is 11.4 Å². The van der Waals surface area contributed by atoms with Crippen LogP contribution in [0, 0.1) is 0 Å². The fraction of sp³-hybridized carbons (Fsp3) is 0.429. The van der Waals surface area contributed by atoms with E-state index in [0.717, 1.165) is 6.92 Å². The minimum absolute atomic E-state index is 0.198. The molecule has 0 aromatic rings. The van der Waals surface area contributed by atoms with Crippen LogP contribution in [0.1, 0.15) is 6.92 Å². The van der Waals surface area contributed by atoms with Crippen LogP contribution in [0.5, 0.6) is 0 Å². The standard InChI is InChI=1S/C7H5FO3/c1-7(8)5(2-9)4-11-6(7)3-10/h4H2,1H3. The Balaban J connectivity index is 3.19. The molecule has 0 amide bonds. The topological polar surface area (TPSA) is 43.4 Å². The van der Waals surface area contributed by atoms with Gasteiger partial charge in [0.25, 0.3) is 0 Å². The number of ether oxygens (including phenoxy) is 1. The molecule has 58 valence electrons. The largest absolute Gasteiger partial charge is 0.478 e. The van der Waals surface area contributed by atoms with Crippen LogP contribution in [0.25, 0.3) is 0 Å². The van der Waals surface area contributed by atoms with Gasteiger partial charge in [0.05, 0.1) is 5.57 Å². The molecule has 1 aliphatic heterocycles. The van der Waals surface area contributed by atoms with E-state index >= 15 is 0 Å². The first-order valence-electron chi connectivity index (χ1n) is 2.94. The van der Waals surface area contributed by atoms with Crippen molar-refractivity contribution in [2.75, 3.05) is 6.61 Å². The molecule has 1 aliphatic rings. The van der Waals surface area contributed by atoms with Crippen molar-refractivity contribution in [3.05, 3.63) is 11.3 Å². The zero-order valence-corrected chi connectivity index (χ0v) is 5.81. The summed E-state index contributed by atoms with van der Waals surface area (Å²) >= 11 is 0. The highest BCUT2D eigenvalue weighted by molar-refractivity contribution is 5.66. The second kappa shape index (κ2) is 2.35. The molecule has 1 unspecified atom stereocenters. The lowest BCUT2D eigenvalue weighted by Gasteiger charge is -2.07. The smallest absolute Gasteiger partial charge is 0.222 e. The summed E-state index contributed by atoms with van der Waals surface area (Å²) in [5.41, 5.74) is -2.31. The van der Waals surface area contributed by atoms with Crippen LogP contribution in [0.15, 0.2) is 11.3 Å². The van der Waals surface area contributed by atoms with Gasteiger partial charge in [0.2, 0.25) is 11.4 Å². The van der Waals surface area contributed by atoms with E-state index in [1.165, 1.54) is 11.9 Å². The van der Waals surface area contributed by atoms with Crippen LogP contribution < -0.4 is 0 Å². The zero-order valence-electron chi connectivity index (χ0n) is 5.81. The summed E-state index contributed by atoms with van der Waals surface area (Å²) < 4.78 is 17.8. The molecule has 1 fully saturated rings.